The number of hydrogen-bond donors (Lipinski definition) is 2. The summed E-state index contributed by atoms with van der Waals surface area (Å²) < 4.78 is 13.7. The molecule has 0 saturated heterocycles. The molecule has 7 heteroatoms. The number of aryl methyl sites for hydroxylation is 1. The van der Waals surface area contributed by atoms with Crippen LogP contribution in [-0.4, -0.2) is 42.1 Å². The number of hydrogen-bond acceptors (Lipinski definition) is 5. The predicted octanol–water partition coefficient (Wildman–Crippen LogP) is 3.14. The van der Waals surface area contributed by atoms with Gasteiger partial charge in [-0.2, -0.15) is 0 Å². The standard InChI is InChI=1S/C20H26FN5O/c1-13-22-18(12-19(23-13)26(2)3)24-14-8-10-15(11-9-14)25-20(27)16-6-4-5-7-17(16)21/h4-7,12,14-15H,8-11H2,1-3H3,(H,25,27)(H,22,23,24)/t14-,15+. The molecule has 0 spiro atoms. The number of benzene rings is 1. The molecule has 0 unspecified atom stereocenters. The Kier molecular flexibility index (Phi) is 5.88. The first-order valence-corrected chi connectivity index (χ1v) is 9.27. The van der Waals surface area contributed by atoms with Crippen LogP contribution in [0.3, 0.4) is 0 Å². The first kappa shape index (κ1) is 19.1. The molecule has 0 atom stereocenters. The molecular weight excluding hydrogens is 345 g/mol. The molecule has 0 radical (unpaired) electrons. The third-order valence-corrected chi connectivity index (χ3v) is 4.82. The van der Waals surface area contributed by atoms with Crippen LogP contribution < -0.4 is 15.5 Å². The summed E-state index contributed by atoms with van der Waals surface area (Å²) >= 11 is 0. The Hall–Kier alpha value is -2.70. The second kappa shape index (κ2) is 8.33. The Morgan fingerprint density at radius 3 is 2.44 bits per heavy atom. The van der Waals surface area contributed by atoms with E-state index < -0.39 is 5.82 Å². The second-order valence-corrected chi connectivity index (χ2v) is 7.20. The third-order valence-electron chi connectivity index (χ3n) is 4.82. The highest BCUT2D eigenvalue weighted by Gasteiger charge is 2.24. The van der Waals surface area contributed by atoms with Gasteiger partial charge in [0.2, 0.25) is 0 Å². The van der Waals surface area contributed by atoms with Gasteiger partial charge in [0.1, 0.15) is 23.3 Å². The lowest BCUT2D eigenvalue weighted by Crippen LogP contribution is -2.40. The molecule has 1 aromatic carbocycles. The van der Waals surface area contributed by atoms with E-state index in [2.05, 4.69) is 20.6 Å². The number of carbonyl (C=O) groups excluding carboxylic acids is 1. The van der Waals surface area contributed by atoms with E-state index in [0.717, 1.165) is 43.1 Å². The van der Waals surface area contributed by atoms with Gasteiger partial charge in [0, 0.05) is 32.2 Å². The van der Waals surface area contributed by atoms with Gasteiger partial charge in [0.15, 0.2) is 0 Å². The van der Waals surface area contributed by atoms with Crippen molar-refractivity contribution in [2.75, 3.05) is 24.3 Å². The van der Waals surface area contributed by atoms with Crippen LogP contribution in [0.2, 0.25) is 0 Å². The number of nitrogens with zero attached hydrogens (tertiary/aromatic N) is 3. The molecule has 27 heavy (non-hydrogen) atoms. The molecule has 2 aromatic rings. The smallest absolute Gasteiger partial charge is 0.254 e. The maximum atomic E-state index is 13.7. The van der Waals surface area contributed by atoms with Gasteiger partial charge < -0.3 is 15.5 Å². The lowest BCUT2D eigenvalue weighted by molar-refractivity contribution is 0.0922. The Morgan fingerprint density at radius 2 is 1.78 bits per heavy atom. The van der Waals surface area contributed by atoms with Crippen LogP contribution in [0.4, 0.5) is 16.0 Å². The number of anilines is 2. The van der Waals surface area contributed by atoms with Crippen molar-refractivity contribution in [1.82, 2.24) is 15.3 Å². The number of amides is 1. The van der Waals surface area contributed by atoms with Crippen LogP contribution in [0.25, 0.3) is 0 Å². The molecule has 0 bridgehead atoms. The summed E-state index contributed by atoms with van der Waals surface area (Å²) in [6, 6.07) is 8.39. The van der Waals surface area contributed by atoms with Gasteiger partial charge in [-0.15, -0.1) is 0 Å². The summed E-state index contributed by atoms with van der Waals surface area (Å²) in [6.07, 6.45) is 3.54. The normalized spacial score (nSPS) is 19.4. The molecular formula is C20H26FN5O. The van der Waals surface area contributed by atoms with Gasteiger partial charge in [-0.25, -0.2) is 14.4 Å². The van der Waals surface area contributed by atoms with Crippen molar-refractivity contribution in [3.63, 3.8) is 0 Å². The van der Waals surface area contributed by atoms with Crippen molar-refractivity contribution < 1.29 is 9.18 Å². The van der Waals surface area contributed by atoms with Gasteiger partial charge in [0.25, 0.3) is 5.91 Å². The SMILES string of the molecule is Cc1nc(N[C@H]2CC[C@@H](NC(=O)c3ccccc3F)CC2)cc(N(C)C)n1. The summed E-state index contributed by atoms with van der Waals surface area (Å²) in [4.78, 5) is 23.1. The van der Waals surface area contributed by atoms with E-state index in [0.29, 0.717) is 6.04 Å². The lowest BCUT2D eigenvalue weighted by Gasteiger charge is -2.30. The number of halogens is 1. The summed E-state index contributed by atoms with van der Waals surface area (Å²) in [5.41, 5.74) is 0.102. The number of nitrogens with one attached hydrogen (secondary N) is 2. The van der Waals surface area contributed by atoms with E-state index >= 15 is 0 Å². The van der Waals surface area contributed by atoms with Crippen LogP contribution in [-0.2, 0) is 0 Å². The topological polar surface area (TPSA) is 70.2 Å². The zero-order chi connectivity index (χ0) is 19.4. The number of rotatable bonds is 5. The van der Waals surface area contributed by atoms with Gasteiger partial charge in [0.05, 0.1) is 5.56 Å². The van der Waals surface area contributed by atoms with E-state index in [1.54, 1.807) is 12.1 Å². The highest BCUT2D eigenvalue weighted by Crippen LogP contribution is 2.23. The summed E-state index contributed by atoms with van der Waals surface area (Å²) in [5.74, 6) is 1.60. The van der Waals surface area contributed by atoms with Gasteiger partial charge in [-0.05, 0) is 44.7 Å². The Morgan fingerprint density at radius 1 is 1.11 bits per heavy atom. The van der Waals surface area contributed by atoms with Crippen molar-refractivity contribution in [3.8, 4) is 0 Å². The molecule has 2 N–H and O–H groups in total. The minimum atomic E-state index is -0.485. The summed E-state index contributed by atoms with van der Waals surface area (Å²) in [5, 5.41) is 6.44. The average Bonchev–Trinajstić information content (AvgIpc) is 2.63. The van der Waals surface area contributed by atoms with Crippen LogP contribution in [0.5, 0.6) is 0 Å². The molecule has 0 aliphatic heterocycles. The molecule has 1 amide bonds. The Balaban J connectivity index is 1.53. The molecule has 1 aliphatic rings. The zero-order valence-corrected chi connectivity index (χ0v) is 16.0. The quantitative estimate of drug-likeness (QED) is 0.845. The Labute approximate surface area is 159 Å². The second-order valence-electron chi connectivity index (χ2n) is 7.20. The van der Waals surface area contributed by atoms with Crippen molar-refractivity contribution in [3.05, 3.63) is 47.5 Å². The number of carbonyl (C=O) groups is 1. The molecule has 1 saturated carbocycles. The van der Waals surface area contributed by atoms with E-state index in [-0.39, 0.29) is 17.5 Å². The van der Waals surface area contributed by atoms with Gasteiger partial charge in [-0.3, -0.25) is 4.79 Å². The Bertz CT molecular complexity index is 803. The van der Waals surface area contributed by atoms with E-state index in [4.69, 9.17) is 0 Å². The van der Waals surface area contributed by atoms with Crippen molar-refractivity contribution >= 4 is 17.5 Å². The molecule has 144 valence electrons. The van der Waals surface area contributed by atoms with Gasteiger partial charge >= 0.3 is 0 Å². The fourth-order valence-corrected chi connectivity index (χ4v) is 3.35. The minimum absolute atomic E-state index is 0.0691. The molecule has 6 nitrogen and oxygen atoms in total. The molecule has 3 rings (SSSR count). The van der Waals surface area contributed by atoms with Crippen LogP contribution in [0.1, 0.15) is 41.9 Å². The van der Waals surface area contributed by atoms with Crippen LogP contribution in [0.15, 0.2) is 30.3 Å². The van der Waals surface area contributed by atoms with Crippen molar-refractivity contribution in [1.29, 1.82) is 0 Å². The van der Waals surface area contributed by atoms with Crippen LogP contribution >= 0.6 is 0 Å². The van der Waals surface area contributed by atoms with Crippen LogP contribution in [0, 0.1) is 12.7 Å². The first-order chi connectivity index (χ1) is 12.9. The molecule has 1 fully saturated rings. The monoisotopic (exact) mass is 371 g/mol. The third kappa shape index (κ3) is 4.93. The van der Waals surface area contributed by atoms with E-state index in [1.165, 1.54) is 12.1 Å². The van der Waals surface area contributed by atoms with Crippen molar-refractivity contribution in [2.24, 2.45) is 0 Å². The molecule has 1 aliphatic carbocycles. The summed E-state index contributed by atoms with van der Waals surface area (Å²) in [7, 11) is 3.91. The largest absolute Gasteiger partial charge is 0.367 e. The highest BCUT2D eigenvalue weighted by atomic mass is 19.1. The van der Waals surface area contributed by atoms with Gasteiger partial charge in [-0.1, -0.05) is 12.1 Å². The maximum absolute atomic E-state index is 13.7. The molecule has 1 aromatic heterocycles. The fourth-order valence-electron chi connectivity index (χ4n) is 3.35. The zero-order valence-electron chi connectivity index (χ0n) is 16.0. The van der Waals surface area contributed by atoms with Crippen molar-refractivity contribution in [2.45, 2.75) is 44.7 Å². The molecule has 1 heterocycles. The number of aromatic nitrogens is 2. The predicted molar refractivity (Wildman–Crippen MR) is 105 cm³/mol. The summed E-state index contributed by atoms with van der Waals surface area (Å²) in [6.45, 7) is 1.88. The first-order valence-electron chi connectivity index (χ1n) is 9.27. The average molecular weight is 371 g/mol. The van der Waals surface area contributed by atoms with E-state index in [9.17, 15) is 9.18 Å². The maximum Gasteiger partial charge on any atom is 0.254 e. The highest BCUT2D eigenvalue weighted by molar-refractivity contribution is 5.94. The van der Waals surface area contributed by atoms with E-state index in [1.807, 2.05) is 32.0 Å². The lowest BCUT2D eigenvalue weighted by atomic mass is 9.91. The fraction of sp³-hybridized carbons (Fsp3) is 0.450. The minimum Gasteiger partial charge on any atom is -0.367 e.